The van der Waals surface area contributed by atoms with E-state index in [4.69, 9.17) is 16.2 Å². The van der Waals surface area contributed by atoms with Gasteiger partial charge in [-0.1, -0.05) is 0 Å². The van der Waals surface area contributed by atoms with Crippen LogP contribution in [0.1, 0.15) is 20.3 Å². The van der Waals surface area contributed by atoms with Crippen LogP contribution < -0.4 is 27.4 Å². The van der Waals surface area contributed by atoms with Crippen molar-refractivity contribution < 1.29 is 24.3 Å². The van der Waals surface area contributed by atoms with Crippen LogP contribution >= 0.6 is 0 Å². The molecule has 3 atom stereocenters. The number of ether oxygens (including phenoxy) is 1. The van der Waals surface area contributed by atoms with Crippen LogP contribution in [-0.4, -0.2) is 75.5 Å². The van der Waals surface area contributed by atoms with Crippen LogP contribution in [0, 0.1) is 0 Å². The second-order valence-corrected chi connectivity index (χ2v) is 6.60. The lowest BCUT2D eigenvalue weighted by molar-refractivity contribution is -0.623. The van der Waals surface area contributed by atoms with E-state index in [2.05, 4.69) is 20.9 Å². The summed E-state index contributed by atoms with van der Waals surface area (Å²) in [5.41, 5.74) is 10.4. The van der Waals surface area contributed by atoms with E-state index in [-0.39, 0.29) is 31.0 Å². The van der Waals surface area contributed by atoms with Crippen LogP contribution in [0.5, 0.6) is 0 Å². The SMILES string of the molecule is CC(C)NC(=O)OC[C@@H]1NC(N)=[N+]2CCC(O)(O)C23NC(N)=NC13. The monoisotopic (exact) mass is 342 g/mol. The summed E-state index contributed by atoms with van der Waals surface area (Å²) in [6.45, 7) is 3.89. The lowest BCUT2D eigenvalue weighted by Gasteiger charge is -2.42. The summed E-state index contributed by atoms with van der Waals surface area (Å²) in [6.07, 6.45) is -0.501. The summed E-state index contributed by atoms with van der Waals surface area (Å²) >= 11 is 0. The van der Waals surface area contributed by atoms with Crippen molar-refractivity contribution in [1.29, 1.82) is 0 Å². The molecule has 3 aliphatic heterocycles. The molecule has 9 N–H and O–H groups in total. The first kappa shape index (κ1) is 16.6. The smallest absolute Gasteiger partial charge is 0.407 e. The van der Waals surface area contributed by atoms with E-state index in [1.54, 1.807) is 4.58 Å². The van der Waals surface area contributed by atoms with Crippen molar-refractivity contribution in [3.63, 3.8) is 0 Å². The Balaban J connectivity index is 1.85. The zero-order valence-electron chi connectivity index (χ0n) is 13.6. The molecule has 0 aromatic heterocycles. The van der Waals surface area contributed by atoms with Crippen LogP contribution in [-0.2, 0) is 4.74 Å². The summed E-state index contributed by atoms with van der Waals surface area (Å²) < 4.78 is 6.80. The Bertz CT molecular complexity index is 617. The number of guanidine groups is 2. The van der Waals surface area contributed by atoms with Crippen LogP contribution in [0.15, 0.2) is 4.99 Å². The molecule has 3 aliphatic rings. The van der Waals surface area contributed by atoms with E-state index in [9.17, 15) is 15.0 Å². The van der Waals surface area contributed by atoms with Crippen molar-refractivity contribution >= 4 is 18.0 Å². The van der Waals surface area contributed by atoms with Crippen molar-refractivity contribution in [3.8, 4) is 0 Å². The number of nitrogens with two attached hydrogens (primary N) is 2. The largest absolute Gasteiger partial charge is 0.446 e. The van der Waals surface area contributed by atoms with Gasteiger partial charge in [0.1, 0.15) is 12.6 Å². The van der Waals surface area contributed by atoms with Crippen LogP contribution in [0.3, 0.4) is 0 Å². The van der Waals surface area contributed by atoms with E-state index in [0.717, 1.165) is 0 Å². The Hall–Kier alpha value is -2.27. The summed E-state index contributed by atoms with van der Waals surface area (Å²) in [7, 11) is 0. The maximum absolute atomic E-state index is 11.7. The molecule has 11 nitrogen and oxygen atoms in total. The molecule has 0 bridgehead atoms. The van der Waals surface area contributed by atoms with Gasteiger partial charge in [0.05, 0.1) is 6.54 Å². The number of carbonyl (C=O) groups is 1. The van der Waals surface area contributed by atoms with E-state index >= 15 is 0 Å². The van der Waals surface area contributed by atoms with Gasteiger partial charge in [0.15, 0.2) is 12.0 Å². The van der Waals surface area contributed by atoms with Crippen LogP contribution in [0.4, 0.5) is 4.79 Å². The Kier molecular flexibility index (Phi) is 3.72. The predicted molar refractivity (Wildman–Crippen MR) is 83.9 cm³/mol. The van der Waals surface area contributed by atoms with Gasteiger partial charge in [-0.15, -0.1) is 0 Å². The number of aliphatic imine (C=N–C) groups is 1. The first-order valence-electron chi connectivity index (χ1n) is 7.83. The Morgan fingerprint density at radius 2 is 2.25 bits per heavy atom. The molecule has 1 spiro atoms. The summed E-state index contributed by atoms with van der Waals surface area (Å²) in [6, 6.07) is -1.33. The minimum Gasteiger partial charge on any atom is -0.446 e. The van der Waals surface area contributed by atoms with Crippen molar-refractivity contribution in [3.05, 3.63) is 0 Å². The lowest BCUT2D eigenvalue weighted by atomic mass is 9.87. The maximum Gasteiger partial charge on any atom is 0.407 e. The third-order valence-electron chi connectivity index (χ3n) is 4.55. The molecule has 1 saturated heterocycles. The highest BCUT2D eigenvalue weighted by Gasteiger charge is 2.71. The Morgan fingerprint density at radius 1 is 1.54 bits per heavy atom. The Labute approximate surface area is 138 Å². The highest BCUT2D eigenvalue weighted by Crippen LogP contribution is 2.40. The van der Waals surface area contributed by atoms with Crippen molar-refractivity contribution in [2.24, 2.45) is 16.5 Å². The number of nitrogens with zero attached hydrogens (tertiary/aromatic N) is 2. The van der Waals surface area contributed by atoms with Gasteiger partial charge in [-0.2, -0.15) is 0 Å². The van der Waals surface area contributed by atoms with Crippen LogP contribution in [0.25, 0.3) is 0 Å². The number of carbonyl (C=O) groups excluding carboxylic acids is 1. The highest BCUT2D eigenvalue weighted by molar-refractivity contribution is 5.83. The molecule has 0 aromatic carbocycles. The summed E-state index contributed by atoms with van der Waals surface area (Å²) in [5, 5.41) is 29.5. The summed E-state index contributed by atoms with van der Waals surface area (Å²) in [5.74, 6) is -1.77. The van der Waals surface area contributed by atoms with Gasteiger partial charge in [0.2, 0.25) is 11.4 Å². The van der Waals surface area contributed by atoms with Gasteiger partial charge in [-0.25, -0.2) is 14.4 Å². The minimum absolute atomic E-state index is 0.0607. The van der Waals surface area contributed by atoms with Crippen molar-refractivity contribution in [2.75, 3.05) is 13.2 Å². The number of amides is 1. The third-order valence-corrected chi connectivity index (χ3v) is 4.55. The standard InChI is InChI=1S/C13H23N7O4/c1-6(2)16-11(21)24-5-7-8-13(19-9(14)18-8)12(22,23)3-4-20(13)10(15)17-7/h6-8,22-23H,3-5H2,1-2H3,(H6,14,15,16,17,18,19,21)/p+1/t7-,8?,13?/m0/s1. The molecule has 0 aromatic rings. The zero-order valence-corrected chi connectivity index (χ0v) is 13.6. The van der Waals surface area contributed by atoms with E-state index < -0.39 is 29.6 Å². The third kappa shape index (κ3) is 2.31. The first-order chi connectivity index (χ1) is 11.2. The molecule has 11 heteroatoms. The minimum atomic E-state index is -2.09. The molecule has 134 valence electrons. The van der Waals surface area contributed by atoms with E-state index in [0.29, 0.717) is 6.54 Å². The first-order valence-corrected chi connectivity index (χ1v) is 7.83. The molecule has 3 rings (SSSR count). The second-order valence-electron chi connectivity index (χ2n) is 6.60. The molecular weight excluding hydrogens is 318 g/mol. The molecule has 3 heterocycles. The fourth-order valence-electron chi connectivity index (χ4n) is 3.57. The number of hydrogen-bond acceptors (Lipinski definition) is 9. The maximum atomic E-state index is 11.7. The van der Waals surface area contributed by atoms with Crippen molar-refractivity contribution in [1.82, 2.24) is 16.0 Å². The number of aliphatic hydroxyl groups is 2. The van der Waals surface area contributed by atoms with Gasteiger partial charge in [0.25, 0.3) is 0 Å². The van der Waals surface area contributed by atoms with E-state index in [1.807, 2.05) is 13.8 Å². The molecule has 0 aliphatic carbocycles. The molecule has 1 amide bonds. The molecular formula is C13H24N7O4+. The van der Waals surface area contributed by atoms with Gasteiger partial charge < -0.3 is 31.3 Å². The normalized spacial score (nSPS) is 33.3. The molecule has 24 heavy (non-hydrogen) atoms. The number of hydrogen-bond donors (Lipinski definition) is 7. The van der Waals surface area contributed by atoms with Crippen molar-refractivity contribution in [2.45, 2.75) is 49.8 Å². The lowest BCUT2D eigenvalue weighted by Crippen LogP contribution is -2.77. The van der Waals surface area contributed by atoms with Gasteiger partial charge in [0, 0.05) is 12.5 Å². The molecule has 0 saturated carbocycles. The van der Waals surface area contributed by atoms with Gasteiger partial charge in [-0.3, -0.25) is 11.1 Å². The zero-order chi connectivity index (χ0) is 17.7. The number of nitrogens with one attached hydrogen (secondary N) is 3. The fourth-order valence-corrected chi connectivity index (χ4v) is 3.57. The average molecular weight is 342 g/mol. The average Bonchev–Trinajstić information content (AvgIpc) is 2.94. The molecule has 2 unspecified atom stereocenters. The number of rotatable bonds is 3. The van der Waals surface area contributed by atoms with Gasteiger partial charge in [-0.05, 0) is 13.8 Å². The highest BCUT2D eigenvalue weighted by atomic mass is 16.5. The van der Waals surface area contributed by atoms with E-state index in [1.165, 1.54) is 0 Å². The topological polar surface area (TPSA) is 170 Å². The summed E-state index contributed by atoms with van der Waals surface area (Å²) in [4.78, 5) is 16.0. The molecule has 0 radical (unpaired) electrons. The molecule has 1 fully saturated rings. The fraction of sp³-hybridized carbons (Fsp3) is 0.769. The quantitative estimate of drug-likeness (QED) is 0.204. The van der Waals surface area contributed by atoms with Gasteiger partial charge >= 0.3 is 12.1 Å². The van der Waals surface area contributed by atoms with Crippen LogP contribution in [0.2, 0.25) is 0 Å². The Morgan fingerprint density at radius 3 is 2.92 bits per heavy atom. The predicted octanol–water partition coefficient (Wildman–Crippen LogP) is -3.51. The second kappa shape index (κ2) is 5.38. The number of alkyl carbamates (subject to hydrolysis) is 1.